The monoisotopic (exact) mass is 477 g/mol. The summed E-state index contributed by atoms with van der Waals surface area (Å²) in [5.74, 6) is 1.55. The highest BCUT2D eigenvalue weighted by molar-refractivity contribution is 5.95. The van der Waals surface area contributed by atoms with Gasteiger partial charge in [0, 0.05) is 29.8 Å². The molecule has 5 nitrogen and oxygen atoms in total. The Bertz CT molecular complexity index is 1430. The number of hydrogen-bond donors (Lipinski definition) is 0. The molecule has 180 valence electrons. The van der Waals surface area contributed by atoms with Crippen LogP contribution in [-0.4, -0.2) is 31.6 Å². The van der Waals surface area contributed by atoms with E-state index in [0.717, 1.165) is 42.0 Å². The van der Waals surface area contributed by atoms with E-state index in [0.29, 0.717) is 12.1 Å². The Morgan fingerprint density at radius 3 is 2.44 bits per heavy atom. The van der Waals surface area contributed by atoms with Gasteiger partial charge in [-0.3, -0.25) is 4.79 Å². The molecule has 0 saturated carbocycles. The number of carbonyl (C=O) groups is 1. The summed E-state index contributed by atoms with van der Waals surface area (Å²) in [6.07, 6.45) is 5.56. The molecule has 0 unspecified atom stereocenters. The topological polar surface area (TPSA) is 42.7 Å². The van der Waals surface area contributed by atoms with Crippen LogP contribution in [0.5, 0.6) is 11.5 Å². The molecular weight excluding hydrogens is 448 g/mol. The van der Waals surface area contributed by atoms with Gasteiger partial charge in [-0.25, -0.2) is 4.57 Å². The lowest BCUT2D eigenvalue weighted by molar-refractivity contribution is -0.688. The Hall–Kier alpha value is -4.12. The van der Waals surface area contributed by atoms with Crippen LogP contribution in [0.3, 0.4) is 0 Å². The minimum atomic E-state index is -0.0393. The van der Waals surface area contributed by atoms with Crippen LogP contribution in [0, 0.1) is 0 Å². The van der Waals surface area contributed by atoms with Gasteiger partial charge in [-0.05, 0) is 41.2 Å². The fourth-order valence-corrected chi connectivity index (χ4v) is 5.74. The number of amides is 1. The average molecular weight is 478 g/mol. The molecular formula is C31H29N2O3+. The normalized spacial score (nSPS) is 15.6. The number of aromatic nitrogens is 1. The first kappa shape index (κ1) is 22.4. The van der Waals surface area contributed by atoms with Gasteiger partial charge in [0.2, 0.25) is 0 Å². The lowest BCUT2D eigenvalue weighted by atomic mass is 9.76. The van der Waals surface area contributed by atoms with Gasteiger partial charge in [0.05, 0.1) is 25.8 Å². The number of rotatable bonds is 5. The maximum absolute atomic E-state index is 13.8. The highest BCUT2D eigenvalue weighted by Crippen LogP contribution is 2.52. The van der Waals surface area contributed by atoms with Gasteiger partial charge < -0.3 is 14.4 Å². The van der Waals surface area contributed by atoms with Gasteiger partial charge in [-0.15, -0.1) is 0 Å². The molecule has 0 fully saturated rings. The zero-order chi connectivity index (χ0) is 24.6. The maximum Gasteiger partial charge on any atom is 0.254 e. The smallest absolute Gasteiger partial charge is 0.254 e. The number of benzene rings is 3. The van der Waals surface area contributed by atoms with Crippen molar-refractivity contribution in [1.82, 2.24) is 4.90 Å². The van der Waals surface area contributed by atoms with Gasteiger partial charge in [-0.2, -0.15) is 0 Å². The van der Waals surface area contributed by atoms with Gasteiger partial charge in [0.15, 0.2) is 30.4 Å². The van der Waals surface area contributed by atoms with Crippen molar-refractivity contribution in [1.29, 1.82) is 0 Å². The fourth-order valence-electron chi connectivity index (χ4n) is 5.74. The largest absolute Gasteiger partial charge is 0.493 e. The van der Waals surface area contributed by atoms with Crippen molar-refractivity contribution in [3.63, 3.8) is 0 Å². The summed E-state index contributed by atoms with van der Waals surface area (Å²) in [4.78, 5) is 15.9. The van der Waals surface area contributed by atoms with Gasteiger partial charge in [-0.1, -0.05) is 54.6 Å². The number of fused-ring (bicyclic) bond motifs is 2. The molecule has 1 amide bonds. The quantitative estimate of drug-likeness (QED) is 0.380. The minimum Gasteiger partial charge on any atom is -0.493 e. The van der Waals surface area contributed by atoms with Gasteiger partial charge in [0.25, 0.3) is 5.91 Å². The number of ether oxygens (including phenoxy) is 2. The van der Waals surface area contributed by atoms with Crippen LogP contribution in [0.1, 0.15) is 38.7 Å². The van der Waals surface area contributed by atoms with E-state index < -0.39 is 0 Å². The van der Waals surface area contributed by atoms with Crippen molar-refractivity contribution >= 4 is 5.91 Å². The van der Waals surface area contributed by atoms with Crippen LogP contribution >= 0.6 is 0 Å². The molecule has 36 heavy (non-hydrogen) atoms. The first-order valence-electron chi connectivity index (χ1n) is 12.4. The third kappa shape index (κ3) is 3.72. The van der Waals surface area contributed by atoms with Crippen LogP contribution in [0.15, 0.2) is 85.2 Å². The molecule has 5 heteroatoms. The molecule has 0 saturated heterocycles. The molecule has 4 aromatic rings. The molecule has 2 aliphatic rings. The second kappa shape index (κ2) is 9.15. The fraction of sp³-hybridized carbons (Fsp3) is 0.226. The lowest BCUT2D eigenvalue weighted by Gasteiger charge is -2.42. The van der Waals surface area contributed by atoms with E-state index in [2.05, 4.69) is 47.0 Å². The van der Waals surface area contributed by atoms with Crippen molar-refractivity contribution in [2.45, 2.75) is 25.4 Å². The average Bonchev–Trinajstić information content (AvgIpc) is 2.93. The third-order valence-corrected chi connectivity index (χ3v) is 7.43. The highest BCUT2D eigenvalue weighted by Gasteiger charge is 2.39. The lowest BCUT2D eigenvalue weighted by Crippen LogP contribution is -2.43. The molecule has 0 radical (unpaired) electrons. The van der Waals surface area contributed by atoms with E-state index >= 15 is 0 Å². The second-order valence-corrected chi connectivity index (χ2v) is 9.43. The summed E-state index contributed by atoms with van der Waals surface area (Å²) in [5, 5.41) is 0. The van der Waals surface area contributed by atoms with Crippen molar-refractivity contribution in [2.75, 3.05) is 20.8 Å². The maximum atomic E-state index is 13.8. The zero-order valence-electron chi connectivity index (χ0n) is 20.6. The molecule has 0 bridgehead atoms. The summed E-state index contributed by atoms with van der Waals surface area (Å²) in [6, 6.07) is 24.7. The number of hydrogen-bond acceptors (Lipinski definition) is 3. The highest BCUT2D eigenvalue weighted by atomic mass is 16.5. The summed E-state index contributed by atoms with van der Waals surface area (Å²) < 4.78 is 13.7. The van der Waals surface area contributed by atoms with Gasteiger partial charge in [0.1, 0.15) is 0 Å². The predicted octanol–water partition coefficient (Wildman–Crippen LogP) is 5.00. The Kier molecular flexibility index (Phi) is 5.68. The minimum absolute atomic E-state index is 0.0393. The third-order valence-electron chi connectivity index (χ3n) is 7.43. The van der Waals surface area contributed by atoms with Crippen LogP contribution < -0.4 is 14.0 Å². The van der Waals surface area contributed by atoms with Crippen LogP contribution in [0.4, 0.5) is 0 Å². The number of methoxy groups -OCH3 is 2. The zero-order valence-corrected chi connectivity index (χ0v) is 20.6. The molecule has 6 rings (SSSR count). The summed E-state index contributed by atoms with van der Waals surface area (Å²) in [5.41, 5.74) is 7.82. The van der Waals surface area contributed by atoms with E-state index in [9.17, 15) is 4.79 Å². The molecule has 1 aromatic heterocycles. The van der Waals surface area contributed by atoms with Crippen molar-refractivity contribution in [2.24, 2.45) is 0 Å². The summed E-state index contributed by atoms with van der Waals surface area (Å²) in [7, 11) is 3.37. The summed E-state index contributed by atoms with van der Waals surface area (Å²) in [6.45, 7) is 1.45. The molecule has 0 spiro atoms. The number of pyridine rings is 1. The number of carbonyl (C=O) groups excluding carboxylic acids is 1. The number of nitrogens with zero attached hydrogens (tertiary/aromatic N) is 2. The van der Waals surface area contributed by atoms with E-state index in [1.165, 1.54) is 22.3 Å². The second-order valence-electron chi connectivity index (χ2n) is 9.43. The van der Waals surface area contributed by atoms with E-state index in [1.54, 1.807) is 14.2 Å². The van der Waals surface area contributed by atoms with E-state index in [-0.39, 0.29) is 11.9 Å². The van der Waals surface area contributed by atoms with Crippen LogP contribution in [0.25, 0.3) is 11.1 Å². The molecule has 2 heterocycles. The van der Waals surface area contributed by atoms with Crippen molar-refractivity contribution < 1.29 is 18.8 Å². The van der Waals surface area contributed by atoms with E-state index in [1.807, 2.05) is 47.6 Å². The summed E-state index contributed by atoms with van der Waals surface area (Å²) >= 11 is 0. The van der Waals surface area contributed by atoms with Crippen LogP contribution in [0.2, 0.25) is 0 Å². The standard InChI is InChI=1S/C31H29N2O3/c1-35-27-19-24-14-17-33(26-18-23-10-6-7-11-25(23)29(28(24)26)30(27)36-2)31(34)22-12-15-32(16-13-22)20-21-8-4-3-5-9-21/h3-13,15-16,19,26H,14,17-18,20H2,1-2H3/q+1/t26-/m1/s1. The van der Waals surface area contributed by atoms with Gasteiger partial charge >= 0.3 is 0 Å². The Labute approximate surface area is 211 Å². The molecule has 0 N–H and O–H groups in total. The first-order valence-corrected chi connectivity index (χ1v) is 12.4. The first-order chi connectivity index (χ1) is 17.7. The molecule has 1 aliphatic heterocycles. The van der Waals surface area contributed by atoms with Crippen molar-refractivity contribution in [3.8, 4) is 22.6 Å². The Balaban J connectivity index is 1.36. The van der Waals surface area contributed by atoms with E-state index in [4.69, 9.17) is 9.47 Å². The molecule has 3 aromatic carbocycles. The van der Waals surface area contributed by atoms with Crippen LogP contribution in [-0.2, 0) is 19.4 Å². The predicted molar refractivity (Wildman–Crippen MR) is 138 cm³/mol. The molecule has 1 aliphatic carbocycles. The van der Waals surface area contributed by atoms with Crippen molar-refractivity contribution in [3.05, 3.63) is 113 Å². The Morgan fingerprint density at radius 2 is 1.69 bits per heavy atom. The molecule has 1 atom stereocenters. The SMILES string of the molecule is COc1cc2c3c(c1OC)-c1ccccc1C[C@H]3N(C(=O)c1cc[n+](Cc3ccccc3)cc1)CC2. The Morgan fingerprint density at radius 1 is 0.944 bits per heavy atom.